The van der Waals surface area contributed by atoms with E-state index in [9.17, 15) is 8.42 Å². The highest BCUT2D eigenvalue weighted by molar-refractivity contribution is 7.91. The summed E-state index contributed by atoms with van der Waals surface area (Å²) in [7, 11) is -3.23. The second-order valence-electron chi connectivity index (χ2n) is 3.77. The van der Waals surface area contributed by atoms with E-state index in [4.69, 9.17) is 0 Å². The largest absolute Gasteiger partial charge is 0.223 e. The van der Waals surface area contributed by atoms with Crippen LogP contribution in [0.15, 0.2) is 58.7 Å². The summed E-state index contributed by atoms with van der Waals surface area (Å²) in [5.74, 6) is 0.0169. The van der Waals surface area contributed by atoms with Gasteiger partial charge in [0.15, 0.2) is 9.84 Å². The van der Waals surface area contributed by atoms with Crippen LogP contribution >= 0.6 is 0 Å². The lowest BCUT2D eigenvalue weighted by Gasteiger charge is -2.03. The average Bonchev–Trinajstić information content (AvgIpc) is 2.70. The van der Waals surface area contributed by atoms with Gasteiger partial charge < -0.3 is 0 Å². The highest BCUT2D eigenvalue weighted by atomic mass is 32.2. The predicted molar refractivity (Wildman–Crippen MR) is 64.0 cm³/mol. The summed E-state index contributed by atoms with van der Waals surface area (Å²) in [6.45, 7) is 1.93. The van der Waals surface area contributed by atoms with Gasteiger partial charge in [-0.2, -0.15) is 0 Å². The zero-order chi connectivity index (χ0) is 11.6. The molecule has 2 nitrogen and oxygen atoms in total. The Bertz CT molecular complexity index is 583. The van der Waals surface area contributed by atoms with Crippen LogP contribution in [0.2, 0.25) is 0 Å². The van der Waals surface area contributed by atoms with Crippen molar-refractivity contribution >= 4 is 9.84 Å². The molecule has 0 radical (unpaired) electrons. The highest BCUT2D eigenvalue weighted by Gasteiger charge is 2.15. The molecule has 16 heavy (non-hydrogen) atoms. The standard InChI is InChI=1S/C13H12O2S/c1-11-6-8-13(9-7-11)16(14,15)10-12-4-2-3-5-12/h2-4,6-9H,10H2,1H3. The fourth-order valence-electron chi connectivity index (χ4n) is 1.49. The smallest absolute Gasteiger partial charge is 0.183 e. The maximum absolute atomic E-state index is 12.0. The van der Waals surface area contributed by atoms with Gasteiger partial charge in [0, 0.05) is 5.57 Å². The van der Waals surface area contributed by atoms with Crippen molar-refractivity contribution in [3.63, 3.8) is 0 Å². The molecule has 0 fully saturated rings. The summed E-state index contributed by atoms with van der Waals surface area (Å²) in [6, 6.07) is 6.91. The monoisotopic (exact) mass is 232 g/mol. The molecule has 1 aliphatic rings. The third-order valence-corrected chi connectivity index (χ3v) is 4.07. The quantitative estimate of drug-likeness (QED) is 0.750. The number of rotatable bonds is 3. The van der Waals surface area contributed by atoms with E-state index in [1.165, 1.54) is 0 Å². The Morgan fingerprint density at radius 3 is 2.44 bits per heavy atom. The maximum atomic E-state index is 12.0. The van der Waals surface area contributed by atoms with Gasteiger partial charge in [0.05, 0.1) is 10.6 Å². The molecule has 1 aliphatic carbocycles. The molecule has 0 saturated carbocycles. The van der Waals surface area contributed by atoms with Crippen LogP contribution in [0, 0.1) is 6.92 Å². The third-order valence-electron chi connectivity index (χ3n) is 2.39. The van der Waals surface area contributed by atoms with Gasteiger partial charge in [-0.1, -0.05) is 23.8 Å². The molecule has 0 bridgehead atoms. The lowest BCUT2D eigenvalue weighted by Crippen LogP contribution is -2.07. The number of hydrogen-bond acceptors (Lipinski definition) is 2. The first-order chi connectivity index (χ1) is 7.58. The lowest BCUT2D eigenvalue weighted by atomic mass is 10.2. The van der Waals surface area contributed by atoms with E-state index in [0.717, 1.165) is 5.56 Å². The van der Waals surface area contributed by atoms with E-state index < -0.39 is 9.84 Å². The number of hydrogen-bond donors (Lipinski definition) is 0. The third kappa shape index (κ3) is 2.32. The first kappa shape index (κ1) is 10.9. The molecule has 0 aliphatic heterocycles. The van der Waals surface area contributed by atoms with E-state index >= 15 is 0 Å². The SMILES string of the molecule is Cc1ccc(S(=O)(=O)CC2=C=CC=C2)cc1. The van der Waals surface area contributed by atoms with Crippen LogP contribution in [0.1, 0.15) is 5.56 Å². The number of sulfone groups is 1. The van der Waals surface area contributed by atoms with Crippen LogP contribution in [0.3, 0.4) is 0 Å². The van der Waals surface area contributed by atoms with E-state index in [0.29, 0.717) is 10.5 Å². The van der Waals surface area contributed by atoms with Crippen LogP contribution < -0.4 is 0 Å². The first-order valence-corrected chi connectivity index (χ1v) is 6.65. The molecule has 1 aromatic carbocycles. The second-order valence-corrected chi connectivity index (χ2v) is 5.76. The molecule has 3 heteroatoms. The van der Waals surface area contributed by atoms with Gasteiger partial charge in [-0.3, -0.25) is 0 Å². The zero-order valence-corrected chi connectivity index (χ0v) is 9.79. The van der Waals surface area contributed by atoms with Gasteiger partial charge >= 0.3 is 0 Å². The molecular weight excluding hydrogens is 220 g/mol. The Balaban J connectivity index is 2.29. The van der Waals surface area contributed by atoms with Crippen LogP contribution in [-0.2, 0) is 9.84 Å². The number of benzene rings is 1. The Kier molecular flexibility index (Phi) is 2.82. The molecule has 0 N–H and O–H groups in total. The first-order valence-electron chi connectivity index (χ1n) is 5.00. The molecule has 0 unspecified atom stereocenters. The predicted octanol–water partition coefficient (Wildman–Crippen LogP) is 2.42. The normalized spacial score (nSPS) is 14.2. The van der Waals surface area contributed by atoms with E-state index in [1.54, 1.807) is 30.4 Å². The molecule has 82 valence electrons. The van der Waals surface area contributed by atoms with Gasteiger partial charge in [-0.25, -0.2) is 8.42 Å². The molecule has 0 saturated heterocycles. The van der Waals surface area contributed by atoms with Crippen LogP contribution in [0.4, 0.5) is 0 Å². The van der Waals surface area contributed by atoms with E-state index in [2.05, 4.69) is 5.73 Å². The highest BCUT2D eigenvalue weighted by Crippen LogP contribution is 2.16. The van der Waals surface area contributed by atoms with Crippen molar-refractivity contribution in [1.29, 1.82) is 0 Å². The molecule has 0 heterocycles. The summed E-state index contributed by atoms with van der Waals surface area (Å²) in [6.07, 6.45) is 5.28. The molecule has 0 amide bonds. The summed E-state index contributed by atoms with van der Waals surface area (Å²) in [5.41, 5.74) is 4.66. The topological polar surface area (TPSA) is 34.1 Å². The van der Waals surface area contributed by atoms with Gasteiger partial charge in [-0.05, 0) is 31.2 Å². The molecule has 0 aromatic heterocycles. The summed E-state index contributed by atoms with van der Waals surface area (Å²) in [5, 5.41) is 0. The van der Waals surface area contributed by atoms with Crippen molar-refractivity contribution in [3.8, 4) is 0 Å². The average molecular weight is 232 g/mol. The minimum absolute atomic E-state index is 0.0169. The zero-order valence-electron chi connectivity index (χ0n) is 8.97. The minimum atomic E-state index is -3.23. The van der Waals surface area contributed by atoms with Crippen LogP contribution in [-0.4, -0.2) is 14.2 Å². The van der Waals surface area contributed by atoms with Gasteiger partial charge in [0.1, 0.15) is 0 Å². The molecular formula is C13H12O2S. The van der Waals surface area contributed by atoms with Crippen LogP contribution in [0.25, 0.3) is 0 Å². The minimum Gasteiger partial charge on any atom is -0.223 e. The fraction of sp³-hybridized carbons (Fsp3) is 0.154. The second kappa shape index (κ2) is 4.12. The Hall–Kier alpha value is -1.57. The summed E-state index contributed by atoms with van der Waals surface area (Å²) >= 11 is 0. The molecule has 0 atom stereocenters. The van der Waals surface area contributed by atoms with Crippen molar-refractivity contribution in [3.05, 3.63) is 59.4 Å². The van der Waals surface area contributed by atoms with Crippen molar-refractivity contribution in [1.82, 2.24) is 0 Å². The molecule has 2 rings (SSSR count). The molecule has 0 spiro atoms. The number of aryl methyl sites for hydroxylation is 1. The Labute approximate surface area is 95.5 Å². The van der Waals surface area contributed by atoms with Crippen molar-refractivity contribution in [2.75, 3.05) is 5.75 Å². The Morgan fingerprint density at radius 2 is 1.88 bits per heavy atom. The maximum Gasteiger partial charge on any atom is 0.183 e. The van der Waals surface area contributed by atoms with Gasteiger partial charge in [0.25, 0.3) is 0 Å². The van der Waals surface area contributed by atoms with Gasteiger partial charge in [0.2, 0.25) is 0 Å². The fourth-order valence-corrected chi connectivity index (χ4v) is 2.80. The number of allylic oxidation sites excluding steroid dienone is 2. The van der Waals surface area contributed by atoms with Crippen LogP contribution in [0.5, 0.6) is 0 Å². The Morgan fingerprint density at radius 1 is 1.19 bits per heavy atom. The van der Waals surface area contributed by atoms with Crippen molar-refractivity contribution < 1.29 is 8.42 Å². The van der Waals surface area contributed by atoms with E-state index in [-0.39, 0.29) is 5.75 Å². The summed E-state index contributed by atoms with van der Waals surface area (Å²) in [4.78, 5) is 0.368. The summed E-state index contributed by atoms with van der Waals surface area (Å²) < 4.78 is 24.0. The van der Waals surface area contributed by atoms with E-state index in [1.807, 2.05) is 19.1 Å². The lowest BCUT2D eigenvalue weighted by molar-refractivity contribution is 0.598. The molecule has 1 aromatic rings. The van der Waals surface area contributed by atoms with Crippen molar-refractivity contribution in [2.24, 2.45) is 0 Å². The van der Waals surface area contributed by atoms with Gasteiger partial charge in [-0.15, -0.1) is 5.73 Å². The van der Waals surface area contributed by atoms with Crippen molar-refractivity contribution in [2.45, 2.75) is 11.8 Å².